The summed E-state index contributed by atoms with van der Waals surface area (Å²) in [5.74, 6) is 0.575. The third-order valence-corrected chi connectivity index (χ3v) is 3.42. The van der Waals surface area contributed by atoms with E-state index in [0.717, 1.165) is 12.8 Å². The third kappa shape index (κ3) is 2.50. The highest BCUT2D eigenvalue weighted by Crippen LogP contribution is 2.31. The molecule has 0 aromatic rings. The maximum atomic E-state index is 6.23. The van der Waals surface area contributed by atoms with Gasteiger partial charge in [-0.15, -0.1) is 0 Å². The van der Waals surface area contributed by atoms with Crippen LogP contribution < -0.4 is 11.5 Å². The van der Waals surface area contributed by atoms with Gasteiger partial charge in [-0.3, -0.25) is 0 Å². The van der Waals surface area contributed by atoms with Gasteiger partial charge in [-0.2, -0.15) is 0 Å². The van der Waals surface area contributed by atoms with E-state index < -0.39 is 5.54 Å². The molecule has 1 aliphatic carbocycles. The van der Waals surface area contributed by atoms with Gasteiger partial charge in [0.2, 0.25) is 0 Å². The highest BCUT2D eigenvalue weighted by Gasteiger charge is 2.33. The molecule has 0 spiro atoms. The van der Waals surface area contributed by atoms with Gasteiger partial charge >= 0.3 is 0 Å². The second kappa shape index (κ2) is 4.50. The number of allylic oxidation sites excluding steroid dienone is 2. The highest BCUT2D eigenvalue weighted by molar-refractivity contribution is 5.38. The normalized spacial score (nSPS) is 31.5. The summed E-state index contributed by atoms with van der Waals surface area (Å²) in [5, 5.41) is 0. The van der Waals surface area contributed by atoms with Gasteiger partial charge in [0.05, 0.1) is 5.54 Å². The fraction of sp³-hybridized carbons (Fsp3) is 0.692. The Morgan fingerprint density at radius 3 is 2.40 bits per heavy atom. The third-order valence-electron chi connectivity index (χ3n) is 3.42. The van der Waals surface area contributed by atoms with Gasteiger partial charge in [-0.25, -0.2) is 0 Å². The van der Waals surface area contributed by atoms with Crippen molar-refractivity contribution in [2.45, 2.75) is 52.1 Å². The molecule has 4 N–H and O–H groups in total. The second-order valence-corrected chi connectivity index (χ2v) is 4.89. The van der Waals surface area contributed by atoms with E-state index in [-0.39, 0.29) is 6.04 Å². The number of rotatable bonds is 3. The van der Waals surface area contributed by atoms with Crippen LogP contribution in [0, 0.1) is 5.92 Å². The summed E-state index contributed by atoms with van der Waals surface area (Å²) in [7, 11) is 0. The second-order valence-electron chi connectivity index (χ2n) is 4.89. The molecule has 0 saturated heterocycles. The zero-order chi connectivity index (χ0) is 11.6. The zero-order valence-corrected chi connectivity index (χ0v) is 10.4. The van der Waals surface area contributed by atoms with Crippen LogP contribution in [0.2, 0.25) is 0 Å². The Labute approximate surface area is 93.4 Å². The summed E-state index contributed by atoms with van der Waals surface area (Å²) >= 11 is 0. The van der Waals surface area contributed by atoms with Gasteiger partial charge in [-0.1, -0.05) is 31.6 Å². The minimum Gasteiger partial charge on any atom is -0.322 e. The van der Waals surface area contributed by atoms with Crippen LogP contribution in [0.4, 0.5) is 0 Å². The average molecular weight is 208 g/mol. The van der Waals surface area contributed by atoms with Crippen molar-refractivity contribution >= 4 is 0 Å². The van der Waals surface area contributed by atoms with E-state index in [0.29, 0.717) is 5.92 Å². The predicted molar refractivity (Wildman–Crippen MR) is 66.5 cm³/mol. The smallest absolute Gasteiger partial charge is 0.0509 e. The Hall–Kier alpha value is -0.600. The monoisotopic (exact) mass is 208 g/mol. The van der Waals surface area contributed by atoms with E-state index in [4.69, 9.17) is 11.5 Å². The quantitative estimate of drug-likeness (QED) is 0.748. The molecule has 2 unspecified atom stereocenters. The fourth-order valence-electron chi connectivity index (χ4n) is 2.47. The largest absolute Gasteiger partial charge is 0.322 e. The minimum absolute atomic E-state index is 0.0360. The van der Waals surface area contributed by atoms with Crippen molar-refractivity contribution < 1.29 is 0 Å². The lowest BCUT2D eigenvalue weighted by Gasteiger charge is -2.37. The topological polar surface area (TPSA) is 52.0 Å². The standard InChI is InChI=1S/C13H24N2/c1-5-10(6-2)11-7-9(3)8-13(4,15)12(11)14/h7-8,10,12H,5-6,14-15H2,1-4H3. The van der Waals surface area contributed by atoms with Crippen molar-refractivity contribution in [3.63, 3.8) is 0 Å². The lowest BCUT2D eigenvalue weighted by atomic mass is 9.75. The molecule has 0 amide bonds. The predicted octanol–water partition coefficient (Wildman–Crippen LogP) is 2.35. The van der Waals surface area contributed by atoms with E-state index in [2.05, 4.69) is 32.9 Å². The molecular weight excluding hydrogens is 184 g/mol. The number of nitrogens with two attached hydrogens (primary N) is 2. The molecule has 0 radical (unpaired) electrons. The van der Waals surface area contributed by atoms with Crippen molar-refractivity contribution in [1.29, 1.82) is 0 Å². The molecule has 0 aromatic carbocycles. The van der Waals surface area contributed by atoms with E-state index >= 15 is 0 Å². The fourth-order valence-corrected chi connectivity index (χ4v) is 2.47. The Morgan fingerprint density at radius 2 is 1.93 bits per heavy atom. The highest BCUT2D eigenvalue weighted by atomic mass is 14.8. The molecule has 15 heavy (non-hydrogen) atoms. The summed E-state index contributed by atoms with van der Waals surface area (Å²) in [4.78, 5) is 0. The first kappa shape index (κ1) is 12.5. The van der Waals surface area contributed by atoms with E-state index in [1.807, 2.05) is 6.92 Å². The molecule has 2 heteroatoms. The van der Waals surface area contributed by atoms with Crippen molar-refractivity contribution in [3.8, 4) is 0 Å². The summed E-state index contributed by atoms with van der Waals surface area (Å²) < 4.78 is 0. The van der Waals surface area contributed by atoms with Gasteiger partial charge in [-0.05, 0) is 38.2 Å². The molecule has 86 valence electrons. The van der Waals surface area contributed by atoms with Crippen LogP contribution >= 0.6 is 0 Å². The van der Waals surface area contributed by atoms with Gasteiger partial charge in [0.15, 0.2) is 0 Å². The van der Waals surface area contributed by atoms with Crippen LogP contribution in [0.1, 0.15) is 40.5 Å². The zero-order valence-electron chi connectivity index (χ0n) is 10.4. The summed E-state index contributed by atoms with van der Waals surface area (Å²) in [6.45, 7) is 8.53. The van der Waals surface area contributed by atoms with Crippen LogP contribution in [0.25, 0.3) is 0 Å². The van der Waals surface area contributed by atoms with Crippen LogP contribution in [0.15, 0.2) is 23.3 Å². The molecule has 0 bridgehead atoms. The van der Waals surface area contributed by atoms with Crippen LogP contribution in [0.5, 0.6) is 0 Å². The molecule has 0 fully saturated rings. The van der Waals surface area contributed by atoms with Crippen molar-refractivity contribution in [2.24, 2.45) is 17.4 Å². The molecule has 1 rings (SSSR count). The van der Waals surface area contributed by atoms with E-state index in [9.17, 15) is 0 Å². The number of hydrogen-bond donors (Lipinski definition) is 2. The first-order valence-electron chi connectivity index (χ1n) is 5.87. The summed E-state index contributed by atoms with van der Waals surface area (Å²) in [6, 6.07) is -0.0360. The minimum atomic E-state index is -0.392. The molecule has 1 aliphatic rings. The molecule has 0 aromatic heterocycles. The van der Waals surface area contributed by atoms with Gasteiger partial charge in [0, 0.05) is 6.04 Å². The molecule has 0 aliphatic heterocycles. The maximum Gasteiger partial charge on any atom is 0.0509 e. The lowest BCUT2D eigenvalue weighted by Crippen LogP contribution is -2.54. The Kier molecular flexibility index (Phi) is 3.74. The van der Waals surface area contributed by atoms with Gasteiger partial charge in [0.25, 0.3) is 0 Å². The first-order chi connectivity index (χ1) is 6.92. The molecule has 2 atom stereocenters. The first-order valence-corrected chi connectivity index (χ1v) is 5.87. The Balaban J connectivity index is 3.03. The summed E-state index contributed by atoms with van der Waals surface area (Å²) in [6.07, 6.45) is 6.57. The van der Waals surface area contributed by atoms with Gasteiger partial charge in [0.1, 0.15) is 0 Å². The van der Waals surface area contributed by atoms with E-state index in [1.165, 1.54) is 11.1 Å². The van der Waals surface area contributed by atoms with Crippen molar-refractivity contribution in [1.82, 2.24) is 0 Å². The molecule has 0 saturated carbocycles. The Morgan fingerprint density at radius 1 is 1.40 bits per heavy atom. The average Bonchev–Trinajstić information content (AvgIpc) is 2.14. The molecule has 0 heterocycles. The van der Waals surface area contributed by atoms with Crippen LogP contribution in [-0.4, -0.2) is 11.6 Å². The SMILES string of the molecule is CCC(CC)C1=CC(C)=CC(C)(N)C1N. The van der Waals surface area contributed by atoms with Crippen molar-refractivity contribution in [3.05, 3.63) is 23.3 Å². The Bertz CT molecular complexity index is 283. The van der Waals surface area contributed by atoms with Gasteiger partial charge < -0.3 is 11.5 Å². The lowest BCUT2D eigenvalue weighted by molar-refractivity contribution is 0.430. The molecular formula is C13H24N2. The van der Waals surface area contributed by atoms with Crippen LogP contribution in [-0.2, 0) is 0 Å². The summed E-state index contributed by atoms with van der Waals surface area (Å²) in [5.41, 5.74) is 14.6. The maximum absolute atomic E-state index is 6.23. The molecule has 2 nitrogen and oxygen atoms in total. The number of hydrogen-bond acceptors (Lipinski definition) is 2. The van der Waals surface area contributed by atoms with E-state index in [1.54, 1.807) is 0 Å². The van der Waals surface area contributed by atoms with Crippen LogP contribution in [0.3, 0.4) is 0 Å². The van der Waals surface area contributed by atoms with Crippen molar-refractivity contribution in [2.75, 3.05) is 0 Å².